The van der Waals surface area contributed by atoms with Gasteiger partial charge in [0.05, 0.1) is 16.7 Å². The van der Waals surface area contributed by atoms with Gasteiger partial charge in [-0.15, -0.1) is 0 Å². The highest BCUT2D eigenvalue weighted by atomic mass is 15.2. The second-order valence-corrected chi connectivity index (χ2v) is 28.2. The van der Waals surface area contributed by atoms with E-state index in [2.05, 4.69) is 340 Å². The summed E-state index contributed by atoms with van der Waals surface area (Å²) in [5.41, 5.74) is 28.7. The van der Waals surface area contributed by atoms with E-state index in [0.29, 0.717) is 0 Å². The summed E-state index contributed by atoms with van der Waals surface area (Å²) in [5.74, 6) is 0. The van der Waals surface area contributed by atoms with Crippen LogP contribution in [0.3, 0.4) is 0 Å². The Balaban J connectivity index is 1.19. The van der Waals surface area contributed by atoms with E-state index in [9.17, 15) is 0 Å². The second kappa shape index (κ2) is 20.3. The van der Waals surface area contributed by atoms with Gasteiger partial charge in [0, 0.05) is 44.9 Å². The molecule has 2 aliphatic heterocycles. The van der Waals surface area contributed by atoms with E-state index in [0.717, 1.165) is 28.4 Å². The number of fused-ring (bicyclic) bond motifs is 7. The van der Waals surface area contributed by atoms with Crippen molar-refractivity contribution in [1.82, 2.24) is 4.57 Å². The van der Waals surface area contributed by atoms with Crippen LogP contribution in [-0.2, 0) is 21.7 Å². The molecule has 1 aromatic heterocycles. The fourth-order valence-corrected chi connectivity index (χ4v) is 14.3. The second-order valence-electron chi connectivity index (χ2n) is 28.2. The molecule has 0 radical (unpaired) electrons. The molecule has 422 valence electrons. The van der Waals surface area contributed by atoms with E-state index in [1.54, 1.807) is 0 Å². The summed E-state index contributed by atoms with van der Waals surface area (Å²) < 4.78 is 2.53. The molecule has 0 amide bonds. The van der Waals surface area contributed by atoms with E-state index in [1.807, 2.05) is 0 Å². The Kier molecular flexibility index (Phi) is 12.9. The molecule has 3 heterocycles. The molecule has 12 aromatic rings. The lowest BCUT2D eigenvalue weighted by Crippen LogP contribution is -2.62. The maximum absolute atomic E-state index is 2.66. The Morgan fingerprint density at radius 3 is 0.919 bits per heavy atom. The maximum atomic E-state index is 2.66. The number of hydrogen-bond acceptors (Lipinski definition) is 2. The fraction of sp³-hybridized carbons (Fsp3) is 0.195. The zero-order valence-electron chi connectivity index (χ0n) is 52.0. The number of hydrogen-bond donors (Lipinski definition) is 0. The van der Waals surface area contributed by atoms with Gasteiger partial charge in [-0.25, -0.2) is 0 Å². The van der Waals surface area contributed by atoms with Gasteiger partial charge in [-0.1, -0.05) is 265 Å². The zero-order valence-corrected chi connectivity index (χ0v) is 52.0. The Hall–Kier alpha value is -9.12. The van der Waals surface area contributed by atoms with Crippen LogP contribution in [0.1, 0.15) is 105 Å². The minimum absolute atomic E-state index is 0.124. The smallest absolute Gasteiger partial charge is 0.252 e. The molecule has 0 N–H and O–H groups in total. The molecule has 0 spiro atoms. The van der Waals surface area contributed by atoms with Gasteiger partial charge in [0.15, 0.2) is 0 Å². The fourth-order valence-electron chi connectivity index (χ4n) is 14.3. The molecule has 14 rings (SSSR count). The third kappa shape index (κ3) is 9.19. The first-order valence-corrected chi connectivity index (χ1v) is 30.9. The van der Waals surface area contributed by atoms with Crippen LogP contribution in [0, 0.1) is 0 Å². The third-order valence-electron chi connectivity index (χ3n) is 18.3. The van der Waals surface area contributed by atoms with Gasteiger partial charge in [0.1, 0.15) is 0 Å². The first-order chi connectivity index (χ1) is 41.2. The molecule has 2 aliphatic rings. The van der Waals surface area contributed by atoms with Gasteiger partial charge in [0.25, 0.3) is 6.71 Å². The summed E-state index contributed by atoms with van der Waals surface area (Å²) in [7, 11) is 0. The molecule has 86 heavy (non-hydrogen) atoms. The predicted octanol–water partition coefficient (Wildman–Crippen LogP) is 20.7. The van der Waals surface area contributed by atoms with Crippen molar-refractivity contribution >= 4 is 79.0 Å². The summed E-state index contributed by atoms with van der Waals surface area (Å²) >= 11 is 0. The molecule has 4 heteroatoms. The minimum atomic E-state index is -0.205. The average molecular weight is 1110 g/mol. The highest BCUT2D eigenvalue weighted by molar-refractivity contribution is 7.00. The Morgan fingerprint density at radius 2 is 0.581 bits per heavy atom. The lowest BCUT2D eigenvalue weighted by atomic mass is 9.33. The largest absolute Gasteiger partial charge is 0.311 e. The van der Waals surface area contributed by atoms with Crippen LogP contribution in [0.15, 0.2) is 243 Å². The van der Waals surface area contributed by atoms with Crippen LogP contribution in [0.2, 0.25) is 0 Å². The number of anilines is 6. The first-order valence-electron chi connectivity index (χ1n) is 30.9. The predicted molar refractivity (Wildman–Crippen MR) is 371 cm³/mol. The Morgan fingerprint density at radius 1 is 0.267 bits per heavy atom. The summed E-state index contributed by atoms with van der Waals surface area (Å²) in [5, 5.41) is 2.47. The van der Waals surface area contributed by atoms with E-state index in [1.165, 1.54) is 116 Å². The molecule has 0 saturated carbocycles. The molecule has 3 nitrogen and oxygen atoms in total. The number of rotatable bonds is 7. The van der Waals surface area contributed by atoms with Crippen LogP contribution in [0.25, 0.3) is 72.0 Å². The van der Waals surface area contributed by atoms with Crippen molar-refractivity contribution in [3.63, 3.8) is 0 Å². The van der Waals surface area contributed by atoms with Gasteiger partial charge in [-0.2, -0.15) is 0 Å². The van der Waals surface area contributed by atoms with E-state index in [4.69, 9.17) is 0 Å². The van der Waals surface area contributed by atoms with E-state index < -0.39 is 0 Å². The molecular weight excluding hydrogens is 1040 g/mol. The summed E-state index contributed by atoms with van der Waals surface area (Å²) in [6, 6.07) is 92.4. The quantitative estimate of drug-likeness (QED) is 0.147. The van der Waals surface area contributed by atoms with Crippen molar-refractivity contribution in [3.05, 3.63) is 265 Å². The van der Waals surface area contributed by atoms with Gasteiger partial charge in [-0.05, 0) is 165 Å². The van der Waals surface area contributed by atoms with Crippen molar-refractivity contribution in [2.24, 2.45) is 0 Å². The highest BCUT2D eigenvalue weighted by Gasteiger charge is 2.46. The van der Waals surface area contributed by atoms with Crippen LogP contribution in [0.5, 0.6) is 0 Å². The molecular formula is C82H76BN3. The number of benzene rings is 11. The molecule has 0 atom stereocenters. The third-order valence-corrected chi connectivity index (χ3v) is 18.3. The Labute approximate surface area is 510 Å². The summed E-state index contributed by atoms with van der Waals surface area (Å²) in [6.45, 7) is 28.3. The van der Waals surface area contributed by atoms with Gasteiger partial charge in [-0.3, -0.25) is 0 Å². The van der Waals surface area contributed by atoms with Crippen molar-refractivity contribution in [2.45, 2.75) is 105 Å². The SMILES string of the molecule is CC(C)(C)c1ccc(N2c3cc(-c4ccccc4)c(C(C)(C)C)cc3B3c4cc(C(C)(C)C)c(-c5ccccc5)cc4N(c4ccc(C(C)(C)C)c(-c5ccccc5)c4)c4cc(-n5c6ccccc6c6ccccc65)cc2c43)cc1-c1ccccc1. The van der Waals surface area contributed by atoms with Crippen molar-refractivity contribution in [3.8, 4) is 50.2 Å². The van der Waals surface area contributed by atoms with E-state index in [-0.39, 0.29) is 28.4 Å². The topological polar surface area (TPSA) is 11.4 Å². The molecule has 0 bridgehead atoms. The molecule has 0 saturated heterocycles. The van der Waals surface area contributed by atoms with Gasteiger partial charge < -0.3 is 14.4 Å². The van der Waals surface area contributed by atoms with Crippen LogP contribution in [0.4, 0.5) is 34.1 Å². The maximum Gasteiger partial charge on any atom is 0.252 e. The van der Waals surface area contributed by atoms with Crippen LogP contribution < -0.4 is 26.2 Å². The molecule has 11 aromatic carbocycles. The van der Waals surface area contributed by atoms with Crippen molar-refractivity contribution < 1.29 is 0 Å². The summed E-state index contributed by atoms with van der Waals surface area (Å²) in [6.07, 6.45) is 0. The van der Waals surface area contributed by atoms with Crippen molar-refractivity contribution in [2.75, 3.05) is 9.80 Å². The molecule has 0 aliphatic carbocycles. The molecule has 0 fully saturated rings. The van der Waals surface area contributed by atoms with Crippen LogP contribution in [-0.4, -0.2) is 11.3 Å². The van der Waals surface area contributed by atoms with Crippen molar-refractivity contribution in [1.29, 1.82) is 0 Å². The van der Waals surface area contributed by atoms with Crippen LogP contribution >= 0.6 is 0 Å². The monoisotopic (exact) mass is 1110 g/mol. The number of aromatic nitrogens is 1. The van der Waals surface area contributed by atoms with Gasteiger partial charge in [0.2, 0.25) is 0 Å². The standard InChI is InChI=1S/C82H76BN3/c1-79(2,3)66-43-41-57(45-62(66)53-29-17-13-18-30-53)84-74-49-64(55-33-21-15-22-34-55)68(81(7,8)9)51-70(74)83-71-52-69(82(10,11)12)65(56-35-23-16-24-36-56)50-75(71)85(58-42-44-67(80(4,5)6)63(46-58)54-31-19-14-20-32-54)77-48-59(47-76(84)78(77)83)86-72-39-27-25-37-60(72)61-38-26-28-40-73(61)86/h13-52H,1-12H3. The van der Waals surface area contributed by atoms with Gasteiger partial charge >= 0.3 is 0 Å². The van der Waals surface area contributed by atoms with E-state index >= 15 is 0 Å². The lowest BCUT2D eigenvalue weighted by Gasteiger charge is -2.46. The highest BCUT2D eigenvalue weighted by Crippen LogP contribution is 2.52. The Bertz CT molecular complexity index is 4310. The number of para-hydroxylation sites is 2. The first kappa shape index (κ1) is 54.8. The normalized spacial score (nSPS) is 13.3. The minimum Gasteiger partial charge on any atom is -0.311 e. The lowest BCUT2D eigenvalue weighted by molar-refractivity contribution is 0.591. The zero-order chi connectivity index (χ0) is 59.6. The molecule has 0 unspecified atom stereocenters. The summed E-state index contributed by atoms with van der Waals surface area (Å²) in [4.78, 5) is 5.31. The number of nitrogens with zero attached hydrogens (tertiary/aromatic N) is 3. The average Bonchev–Trinajstić information content (AvgIpc) is 0.759.